The summed E-state index contributed by atoms with van der Waals surface area (Å²) >= 11 is 0. The number of benzene rings is 1. The first kappa shape index (κ1) is 18.5. The summed E-state index contributed by atoms with van der Waals surface area (Å²) in [6.07, 6.45) is 2.86. The van der Waals surface area contributed by atoms with Crippen molar-refractivity contribution in [3.63, 3.8) is 0 Å². The van der Waals surface area contributed by atoms with Crippen molar-refractivity contribution in [3.8, 4) is 17.1 Å². The summed E-state index contributed by atoms with van der Waals surface area (Å²) in [6.45, 7) is 1.06. The van der Waals surface area contributed by atoms with Crippen LogP contribution in [-0.2, 0) is 9.84 Å². The van der Waals surface area contributed by atoms with E-state index in [1.54, 1.807) is 24.1 Å². The molecule has 0 unspecified atom stereocenters. The standard InChI is InChI=1S/C19H23NO5S/c1-24-16-7-3-6-15(11-16)17-8-9-18(25-17)19(21)20-10-4-5-14(12-20)13-26(2,22)23/h3,6-9,11,14H,4-5,10,12-13H2,1-2H3/t14-/m1/s1. The van der Waals surface area contributed by atoms with Gasteiger partial charge in [0.15, 0.2) is 5.76 Å². The summed E-state index contributed by atoms with van der Waals surface area (Å²) in [5, 5.41) is 0. The number of methoxy groups -OCH3 is 1. The molecule has 26 heavy (non-hydrogen) atoms. The molecule has 140 valence electrons. The van der Waals surface area contributed by atoms with E-state index in [0.717, 1.165) is 18.4 Å². The van der Waals surface area contributed by atoms with E-state index in [1.165, 1.54) is 6.26 Å². The first-order valence-electron chi connectivity index (χ1n) is 8.57. The molecule has 0 saturated carbocycles. The van der Waals surface area contributed by atoms with E-state index >= 15 is 0 Å². The fraction of sp³-hybridized carbons (Fsp3) is 0.421. The molecule has 1 aliphatic heterocycles. The summed E-state index contributed by atoms with van der Waals surface area (Å²) in [6, 6.07) is 10.9. The normalized spacial score (nSPS) is 17.9. The highest BCUT2D eigenvalue weighted by Crippen LogP contribution is 2.27. The number of likely N-dealkylation sites (tertiary alicyclic amines) is 1. The molecule has 3 rings (SSSR count). The van der Waals surface area contributed by atoms with Crippen LogP contribution in [0.1, 0.15) is 23.4 Å². The fourth-order valence-electron chi connectivity index (χ4n) is 3.35. The lowest BCUT2D eigenvalue weighted by molar-refractivity contribution is 0.0653. The lowest BCUT2D eigenvalue weighted by Crippen LogP contribution is -2.41. The van der Waals surface area contributed by atoms with E-state index in [1.807, 2.05) is 24.3 Å². The molecular weight excluding hydrogens is 354 g/mol. The maximum Gasteiger partial charge on any atom is 0.289 e. The molecule has 1 saturated heterocycles. The Hall–Kier alpha value is -2.28. The van der Waals surface area contributed by atoms with Gasteiger partial charge in [0.05, 0.1) is 12.9 Å². The van der Waals surface area contributed by atoms with Gasteiger partial charge in [0.25, 0.3) is 5.91 Å². The number of carbonyl (C=O) groups excluding carboxylic acids is 1. The predicted octanol–water partition coefficient (Wildman–Crippen LogP) is 2.85. The highest BCUT2D eigenvalue weighted by Gasteiger charge is 2.28. The van der Waals surface area contributed by atoms with Gasteiger partial charge in [0.2, 0.25) is 0 Å². The van der Waals surface area contributed by atoms with Crippen molar-refractivity contribution in [2.24, 2.45) is 5.92 Å². The highest BCUT2D eigenvalue weighted by atomic mass is 32.2. The molecule has 7 heteroatoms. The van der Waals surface area contributed by atoms with Crippen LogP contribution in [0.3, 0.4) is 0 Å². The van der Waals surface area contributed by atoms with E-state index in [0.29, 0.717) is 24.6 Å². The summed E-state index contributed by atoms with van der Waals surface area (Å²) in [5.41, 5.74) is 0.831. The SMILES string of the molecule is COc1cccc(-c2ccc(C(=O)N3CCC[C@@H](CS(C)(=O)=O)C3)o2)c1. The van der Waals surface area contributed by atoms with Gasteiger partial charge in [-0.1, -0.05) is 12.1 Å². The number of piperidine rings is 1. The van der Waals surface area contributed by atoms with Crippen LogP contribution in [0.25, 0.3) is 11.3 Å². The zero-order valence-corrected chi connectivity index (χ0v) is 15.8. The van der Waals surface area contributed by atoms with Crippen molar-refractivity contribution in [1.82, 2.24) is 4.90 Å². The molecule has 2 aromatic rings. The number of hydrogen-bond donors (Lipinski definition) is 0. The first-order valence-corrected chi connectivity index (χ1v) is 10.6. The molecule has 1 aliphatic rings. The van der Waals surface area contributed by atoms with E-state index < -0.39 is 9.84 Å². The van der Waals surface area contributed by atoms with Gasteiger partial charge in [-0.25, -0.2) is 8.42 Å². The summed E-state index contributed by atoms with van der Waals surface area (Å²) < 4.78 is 34.0. The molecule has 0 N–H and O–H groups in total. The van der Waals surface area contributed by atoms with Crippen LogP contribution in [0.5, 0.6) is 5.75 Å². The second kappa shape index (κ2) is 7.53. The smallest absolute Gasteiger partial charge is 0.289 e. The van der Waals surface area contributed by atoms with Gasteiger partial charge in [-0.05, 0) is 43.0 Å². The van der Waals surface area contributed by atoms with Gasteiger partial charge in [-0.2, -0.15) is 0 Å². The zero-order chi connectivity index (χ0) is 18.7. The minimum Gasteiger partial charge on any atom is -0.497 e. The maximum absolute atomic E-state index is 12.7. The average molecular weight is 377 g/mol. The van der Waals surface area contributed by atoms with Crippen molar-refractivity contribution >= 4 is 15.7 Å². The molecule has 1 fully saturated rings. The summed E-state index contributed by atoms with van der Waals surface area (Å²) in [4.78, 5) is 14.4. The van der Waals surface area contributed by atoms with Crippen molar-refractivity contribution in [2.45, 2.75) is 12.8 Å². The van der Waals surface area contributed by atoms with E-state index in [9.17, 15) is 13.2 Å². The van der Waals surface area contributed by atoms with Gasteiger partial charge in [0, 0.05) is 24.9 Å². The number of sulfone groups is 1. The van der Waals surface area contributed by atoms with Crippen molar-refractivity contribution in [1.29, 1.82) is 0 Å². The van der Waals surface area contributed by atoms with Gasteiger partial charge < -0.3 is 14.1 Å². The van der Waals surface area contributed by atoms with Crippen molar-refractivity contribution < 1.29 is 22.4 Å². The van der Waals surface area contributed by atoms with Gasteiger partial charge in [-0.3, -0.25) is 4.79 Å². The highest BCUT2D eigenvalue weighted by molar-refractivity contribution is 7.90. The monoisotopic (exact) mass is 377 g/mol. The van der Waals surface area contributed by atoms with Gasteiger partial charge >= 0.3 is 0 Å². The number of rotatable bonds is 5. The van der Waals surface area contributed by atoms with Crippen molar-refractivity contribution in [2.75, 3.05) is 32.2 Å². The molecule has 0 radical (unpaired) electrons. The number of carbonyl (C=O) groups is 1. The Morgan fingerprint density at radius 3 is 2.85 bits per heavy atom. The average Bonchev–Trinajstić information content (AvgIpc) is 3.10. The molecule has 1 atom stereocenters. The molecule has 1 aromatic carbocycles. The Bertz CT molecular complexity index is 887. The third kappa shape index (κ3) is 4.46. The Morgan fingerprint density at radius 2 is 2.12 bits per heavy atom. The maximum atomic E-state index is 12.7. The van der Waals surface area contributed by atoms with E-state index in [2.05, 4.69) is 0 Å². The Morgan fingerprint density at radius 1 is 1.31 bits per heavy atom. The first-order chi connectivity index (χ1) is 12.4. The Labute approximate surface area is 153 Å². The number of ether oxygens (including phenoxy) is 1. The molecular formula is C19H23NO5S. The zero-order valence-electron chi connectivity index (χ0n) is 15.0. The molecule has 0 aliphatic carbocycles. The second-order valence-corrected chi connectivity index (χ2v) is 8.93. The lowest BCUT2D eigenvalue weighted by Gasteiger charge is -2.31. The largest absolute Gasteiger partial charge is 0.497 e. The number of nitrogens with zero attached hydrogens (tertiary/aromatic N) is 1. The fourth-order valence-corrected chi connectivity index (χ4v) is 4.48. The summed E-state index contributed by atoms with van der Waals surface area (Å²) in [5.74, 6) is 1.48. The molecule has 0 bridgehead atoms. The van der Waals surface area contributed by atoms with Crippen LogP contribution >= 0.6 is 0 Å². The lowest BCUT2D eigenvalue weighted by atomic mass is 10.00. The molecule has 2 heterocycles. The van der Waals surface area contributed by atoms with Crippen LogP contribution in [0.2, 0.25) is 0 Å². The number of furan rings is 1. The van der Waals surface area contributed by atoms with Crippen LogP contribution < -0.4 is 4.74 Å². The van der Waals surface area contributed by atoms with Gasteiger partial charge in [0.1, 0.15) is 21.3 Å². The molecule has 1 amide bonds. The van der Waals surface area contributed by atoms with Crippen molar-refractivity contribution in [3.05, 3.63) is 42.2 Å². The topological polar surface area (TPSA) is 76.8 Å². The van der Waals surface area contributed by atoms with E-state index in [-0.39, 0.29) is 23.3 Å². The predicted molar refractivity (Wildman–Crippen MR) is 99.0 cm³/mol. The molecule has 6 nitrogen and oxygen atoms in total. The quantitative estimate of drug-likeness (QED) is 0.801. The molecule has 1 aromatic heterocycles. The Kier molecular flexibility index (Phi) is 5.36. The minimum absolute atomic E-state index is 0.0180. The van der Waals surface area contributed by atoms with Crippen LogP contribution in [0, 0.1) is 5.92 Å². The number of hydrogen-bond acceptors (Lipinski definition) is 5. The minimum atomic E-state index is -3.05. The second-order valence-electron chi connectivity index (χ2n) is 6.75. The third-order valence-electron chi connectivity index (χ3n) is 4.52. The van der Waals surface area contributed by atoms with Crippen LogP contribution in [-0.4, -0.2) is 51.4 Å². The number of amides is 1. The Balaban J connectivity index is 1.73. The summed E-state index contributed by atoms with van der Waals surface area (Å²) in [7, 11) is -1.45. The van der Waals surface area contributed by atoms with Crippen LogP contribution in [0.4, 0.5) is 0 Å². The molecule has 0 spiro atoms. The van der Waals surface area contributed by atoms with Crippen LogP contribution in [0.15, 0.2) is 40.8 Å². The third-order valence-corrected chi connectivity index (χ3v) is 5.59. The van der Waals surface area contributed by atoms with E-state index in [4.69, 9.17) is 9.15 Å². The van der Waals surface area contributed by atoms with Gasteiger partial charge in [-0.15, -0.1) is 0 Å².